The average molecular weight is 459 g/mol. The van der Waals surface area contributed by atoms with Crippen molar-refractivity contribution in [3.05, 3.63) is 83.4 Å². The van der Waals surface area contributed by atoms with Crippen molar-refractivity contribution in [3.8, 4) is 17.2 Å². The van der Waals surface area contributed by atoms with Crippen molar-refractivity contribution in [3.63, 3.8) is 0 Å². The lowest BCUT2D eigenvalue weighted by atomic mass is 10.1. The van der Waals surface area contributed by atoms with E-state index in [4.69, 9.17) is 14.2 Å². The van der Waals surface area contributed by atoms with E-state index in [1.165, 1.54) is 0 Å². The van der Waals surface area contributed by atoms with Gasteiger partial charge in [-0.3, -0.25) is 9.59 Å². The molecule has 7 heteroatoms. The molecule has 2 amide bonds. The molecule has 3 aromatic carbocycles. The third-order valence-corrected chi connectivity index (χ3v) is 5.95. The standard InChI is InChI=1S/C27H26N2O5/c1-2-22-27(31)29(15-19-8-10-24-25(12-19)33-17-32-24)16-20-14-21(9-11-23(20)34-22)28-26(30)13-18-6-4-3-5-7-18/h3-12,14,22H,2,13,15-17H2,1H3,(H,28,30)/t22-/m1/s1. The van der Waals surface area contributed by atoms with E-state index in [1.54, 1.807) is 4.90 Å². The van der Waals surface area contributed by atoms with E-state index < -0.39 is 6.10 Å². The number of rotatable bonds is 6. The molecule has 2 heterocycles. The predicted octanol–water partition coefficient (Wildman–Crippen LogP) is 4.30. The first-order chi connectivity index (χ1) is 16.6. The zero-order valence-corrected chi connectivity index (χ0v) is 19.0. The number of hydrogen-bond acceptors (Lipinski definition) is 5. The van der Waals surface area contributed by atoms with Crippen LogP contribution >= 0.6 is 0 Å². The average Bonchev–Trinajstić information content (AvgIpc) is 3.26. The van der Waals surface area contributed by atoms with E-state index in [2.05, 4.69) is 5.32 Å². The van der Waals surface area contributed by atoms with Gasteiger partial charge in [0.25, 0.3) is 5.91 Å². The van der Waals surface area contributed by atoms with Crippen LogP contribution in [0, 0.1) is 0 Å². The topological polar surface area (TPSA) is 77.1 Å². The molecular weight excluding hydrogens is 432 g/mol. The second-order valence-electron chi connectivity index (χ2n) is 8.43. The highest BCUT2D eigenvalue weighted by Crippen LogP contribution is 2.34. The molecule has 2 aliphatic rings. The van der Waals surface area contributed by atoms with Crippen LogP contribution in [0.25, 0.3) is 0 Å². The predicted molar refractivity (Wildman–Crippen MR) is 127 cm³/mol. The van der Waals surface area contributed by atoms with Gasteiger partial charge < -0.3 is 24.4 Å². The molecule has 0 aliphatic carbocycles. The molecular formula is C27H26N2O5. The van der Waals surface area contributed by atoms with Gasteiger partial charge in [-0.05, 0) is 47.9 Å². The van der Waals surface area contributed by atoms with Gasteiger partial charge in [0.15, 0.2) is 17.6 Å². The molecule has 0 radical (unpaired) electrons. The number of ether oxygens (including phenoxy) is 3. The van der Waals surface area contributed by atoms with Crippen LogP contribution in [0.5, 0.6) is 17.2 Å². The van der Waals surface area contributed by atoms with Crippen LogP contribution in [-0.4, -0.2) is 29.6 Å². The molecule has 0 saturated carbocycles. The van der Waals surface area contributed by atoms with Crippen LogP contribution in [-0.2, 0) is 29.1 Å². The minimum absolute atomic E-state index is 0.0639. The summed E-state index contributed by atoms with van der Waals surface area (Å²) in [5.41, 5.74) is 3.42. The summed E-state index contributed by atoms with van der Waals surface area (Å²) >= 11 is 0. The van der Waals surface area contributed by atoms with Crippen molar-refractivity contribution in [2.75, 3.05) is 12.1 Å². The molecule has 0 bridgehead atoms. The second-order valence-corrected chi connectivity index (χ2v) is 8.43. The maximum atomic E-state index is 13.2. The normalized spacial score (nSPS) is 16.4. The Bertz CT molecular complexity index is 1210. The number of carbonyl (C=O) groups excluding carboxylic acids is 2. The largest absolute Gasteiger partial charge is 0.480 e. The van der Waals surface area contributed by atoms with Gasteiger partial charge in [-0.2, -0.15) is 0 Å². The third kappa shape index (κ3) is 4.69. The Kier molecular flexibility index (Phi) is 6.08. The maximum Gasteiger partial charge on any atom is 0.264 e. The molecule has 5 rings (SSSR count). The summed E-state index contributed by atoms with van der Waals surface area (Å²) in [6.45, 7) is 2.94. The van der Waals surface area contributed by atoms with Crippen molar-refractivity contribution in [1.29, 1.82) is 0 Å². The van der Waals surface area contributed by atoms with E-state index in [0.29, 0.717) is 48.9 Å². The molecule has 0 unspecified atom stereocenters. The number of carbonyl (C=O) groups is 2. The summed E-state index contributed by atoms with van der Waals surface area (Å²) in [5.74, 6) is 1.90. The lowest BCUT2D eigenvalue weighted by Gasteiger charge is -2.23. The van der Waals surface area contributed by atoms with Gasteiger partial charge >= 0.3 is 0 Å². The summed E-state index contributed by atoms with van der Waals surface area (Å²) in [6, 6.07) is 20.8. The fourth-order valence-corrected chi connectivity index (χ4v) is 4.22. The summed E-state index contributed by atoms with van der Waals surface area (Å²) < 4.78 is 16.9. The highest BCUT2D eigenvalue weighted by atomic mass is 16.7. The van der Waals surface area contributed by atoms with Crippen LogP contribution in [0.15, 0.2) is 66.7 Å². The first-order valence-corrected chi connectivity index (χ1v) is 11.4. The van der Waals surface area contributed by atoms with Gasteiger partial charge in [0.05, 0.1) is 6.42 Å². The van der Waals surface area contributed by atoms with Crippen LogP contribution in [0.1, 0.15) is 30.0 Å². The summed E-state index contributed by atoms with van der Waals surface area (Å²) in [7, 11) is 0. The summed E-state index contributed by atoms with van der Waals surface area (Å²) in [6.07, 6.45) is 0.292. The van der Waals surface area contributed by atoms with Crippen molar-refractivity contribution < 1.29 is 23.8 Å². The van der Waals surface area contributed by atoms with Crippen molar-refractivity contribution in [1.82, 2.24) is 4.90 Å². The minimum Gasteiger partial charge on any atom is -0.480 e. The van der Waals surface area contributed by atoms with Gasteiger partial charge in [0, 0.05) is 24.3 Å². The molecule has 1 atom stereocenters. The monoisotopic (exact) mass is 458 g/mol. The Balaban J connectivity index is 1.35. The van der Waals surface area contributed by atoms with Gasteiger partial charge in [0.1, 0.15) is 5.75 Å². The number of hydrogen-bond donors (Lipinski definition) is 1. The Morgan fingerprint density at radius 3 is 2.59 bits per heavy atom. The van der Waals surface area contributed by atoms with E-state index in [-0.39, 0.29) is 18.6 Å². The third-order valence-electron chi connectivity index (χ3n) is 5.95. The molecule has 2 aliphatic heterocycles. The molecule has 34 heavy (non-hydrogen) atoms. The molecule has 0 spiro atoms. The number of amides is 2. The molecule has 1 N–H and O–H groups in total. The summed E-state index contributed by atoms with van der Waals surface area (Å²) in [4.78, 5) is 27.5. The van der Waals surface area contributed by atoms with Gasteiger partial charge in [-0.25, -0.2) is 0 Å². The molecule has 0 saturated heterocycles. The molecule has 7 nitrogen and oxygen atoms in total. The van der Waals surface area contributed by atoms with Crippen LogP contribution in [0.3, 0.4) is 0 Å². The Labute approximate surface area is 198 Å². The smallest absolute Gasteiger partial charge is 0.264 e. The lowest BCUT2D eigenvalue weighted by Crippen LogP contribution is -2.38. The van der Waals surface area contributed by atoms with Crippen LogP contribution < -0.4 is 19.5 Å². The number of nitrogens with zero attached hydrogens (tertiary/aromatic N) is 1. The lowest BCUT2D eigenvalue weighted by molar-refractivity contribution is -0.139. The number of anilines is 1. The van der Waals surface area contributed by atoms with Crippen molar-refractivity contribution >= 4 is 17.5 Å². The molecule has 0 aromatic heterocycles. The quantitative estimate of drug-likeness (QED) is 0.596. The summed E-state index contributed by atoms with van der Waals surface area (Å²) in [5, 5.41) is 2.96. The first kappa shape index (κ1) is 21.8. The molecule has 3 aromatic rings. The zero-order chi connectivity index (χ0) is 23.5. The maximum absolute atomic E-state index is 13.2. The van der Waals surface area contributed by atoms with Gasteiger partial charge in [0.2, 0.25) is 12.7 Å². The number of fused-ring (bicyclic) bond motifs is 2. The molecule has 0 fully saturated rings. The molecule has 174 valence electrons. The second kappa shape index (κ2) is 9.47. The van der Waals surface area contributed by atoms with E-state index >= 15 is 0 Å². The highest BCUT2D eigenvalue weighted by Gasteiger charge is 2.30. The van der Waals surface area contributed by atoms with Crippen LogP contribution in [0.4, 0.5) is 5.69 Å². The van der Waals surface area contributed by atoms with Gasteiger partial charge in [-0.15, -0.1) is 0 Å². The first-order valence-electron chi connectivity index (χ1n) is 11.4. The number of nitrogens with one attached hydrogen (secondary N) is 1. The van der Waals surface area contributed by atoms with E-state index in [1.807, 2.05) is 73.7 Å². The fourth-order valence-electron chi connectivity index (χ4n) is 4.22. The van der Waals surface area contributed by atoms with Crippen molar-refractivity contribution in [2.24, 2.45) is 0 Å². The van der Waals surface area contributed by atoms with Crippen LogP contribution in [0.2, 0.25) is 0 Å². The SMILES string of the molecule is CC[C@H]1Oc2ccc(NC(=O)Cc3ccccc3)cc2CN(Cc2ccc3c(c2)OCO3)C1=O. The fraction of sp³-hybridized carbons (Fsp3) is 0.259. The Morgan fingerprint density at radius 1 is 0.971 bits per heavy atom. The minimum atomic E-state index is -0.561. The van der Waals surface area contributed by atoms with E-state index in [0.717, 1.165) is 16.7 Å². The van der Waals surface area contributed by atoms with E-state index in [9.17, 15) is 9.59 Å². The van der Waals surface area contributed by atoms with Gasteiger partial charge in [-0.1, -0.05) is 43.3 Å². The Hall–Kier alpha value is -4.00. The Morgan fingerprint density at radius 2 is 1.76 bits per heavy atom. The highest BCUT2D eigenvalue weighted by molar-refractivity contribution is 5.92. The number of benzene rings is 3. The zero-order valence-electron chi connectivity index (χ0n) is 19.0. The van der Waals surface area contributed by atoms with Crippen molar-refractivity contribution in [2.45, 2.75) is 39.0 Å².